The normalized spacial score (nSPS) is 12.1. The van der Waals surface area contributed by atoms with Gasteiger partial charge in [-0.1, -0.05) is 62.9 Å². The van der Waals surface area contributed by atoms with Gasteiger partial charge in [0.2, 0.25) is 0 Å². The third-order valence-electron chi connectivity index (χ3n) is 3.34. The maximum atomic E-state index is 11.5. The van der Waals surface area contributed by atoms with E-state index in [9.17, 15) is 9.90 Å². The Kier molecular flexibility index (Phi) is 10.3. The van der Waals surface area contributed by atoms with Gasteiger partial charge in [-0.15, -0.1) is 0 Å². The zero-order valence-corrected chi connectivity index (χ0v) is 13.5. The lowest BCUT2D eigenvalue weighted by atomic mass is 10.1. The molecule has 1 rings (SSSR count). The highest BCUT2D eigenvalue weighted by molar-refractivity contribution is 5.69. The minimum atomic E-state index is -0.771. The molecule has 0 saturated carbocycles. The lowest BCUT2D eigenvalue weighted by Gasteiger charge is -2.12. The Balaban J connectivity index is 2.00. The maximum absolute atomic E-state index is 11.5. The van der Waals surface area contributed by atoms with Crippen molar-refractivity contribution in [1.29, 1.82) is 0 Å². The highest BCUT2D eigenvalue weighted by Crippen LogP contribution is 2.06. The first-order valence-electron chi connectivity index (χ1n) is 8.17. The minimum absolute atomic E-state index is 0.00256. The van der Waals surface area contributed by atoms with Crippen molar-refractivity contribution in [3.05, 3.63) is 35.9 Å². The molecule has 22 heavy (non-hydrogen) atoms. The van der Waals surface area contributed by atoms with Crippen LogP contribution in [0, 0.1) is 0 Å². The summed E-state index contributed by atoms with van der Waals surface area (Å²) in [7, 11) is 0. The Morgan fingerprint density at radius 3 is 2.55 bits per heavy atom. The van der Waals surface area contributed by atoms with Gasteiger partial charge in [-0.05, 0) is 12.0 Å². The fourth-order valence-electron chi connectivity index (χ4n) is 2.07. The molecule has 0 aliphatic carbocycles. The Labute approximate surface area is 133 Å². The molecule has 0 aromatic heterocycles. The van der Waals surface area contributed by atoms with Gasteiger partial charge in [0.05, 0.1) is 13.2 Å². The average molecular weight is 308 g/mol. The van der Waals surface area contributed by atoms with Crippen LogP contribution in [0.3, 0.4) is 0 Å². The van der Waals surface area contributed by atoms with E-state index >= 15 is 0 Å². The second-order valence-electron chi connectivity index (χ2n) is 5.50. The number of esters is 1. The van der Waals surface area contributed by atoms with Crippen LogP contribution < -0.4 is 0 Å². The monoisotopic (exact) mass is 308 g/mol. The number of unbranched alkanes of at least 4 members (excludes halogenated alkanes) is 4. The van der Waals surface area contributed by atoms with E-state index < -0.39 is 6.10 Å². The van der Waals surface area contributed by atoms with Crippen LogP contribution in [0.25, 0.3) is 0 Å². The zero-order chi connectivity index (χ0) is 16.0. The molecular formula is C18H28O4. The molecule has 0 radical (unpaired) electrons. The topological polar surface area (TPSA) is 55.8 Å². The summed E-state index contributed by atoms with van der Waals surface area (Å²) in [6, 6.07) is 9.75. The quantitative estimate of drug-likeness (QED) is 0.474. The summed E-state index contributed by atoms with van der Waals surface area (Å²) in [5, 5.41) is 9.72. The number of benzene rings is 1. The second kappa shape index (κ2) is 12.2. The van der Waals surface area contributed by atoms with Gasteiger partial charge < -0.3 is 14.6 Å². The van der Waals surface area contributed by atoms with E-state index in [4.69, 9.17) is 9.47 Å². The summed E-state index contributed by atoms with van der Waals surface area (Å²) < 4.78 is 10.4. The average Bonchev–Trinajstić information content (AvgIpc) is 2.54. The number of ether oxygens (including phenoxy) is 2. The van der Waals surface area contributed by atoms with Crippen LogP contribution in [0.2, 0.25) is 0 Å². The summed E-state index contributed by atoms with van der Waals surface area (Å²) in [6.45, 7) is 2.78. The summed E-state index contributed by atoms with van der Waals surface area (Å²) in [5.74, 6) is -0.237. The van der Waals surface area contributed by atoms with Crippen LogP contribution >= 0.6 is 0 Å². The molecule has 0 bridgehead atoms. The van der Waals surface area contributed by atoms with Crippen molar-refractivity contribution >= 4 is 5.97 Å². The third kappa shape index (κ3) is 9.53. The van der Waals surface area contributed by atoms with Crippen LogP contribution in [0.15, 0.2) is 30.3 Å². The van der Waals surface area contributed by atoms with Gasteiger partial charge in [-0.3, -0.25) is 4.79 Å². The van der Waals surface area contributed by atoms with Crippen molar-refractivity contribution in [3.63, 3.8) is 0 Å². The van der Waals surface area contributed by atoms with E-state index in [0.717, 1.165) is 18.4 Å². The second-order valence-corrected chi connectivity index (χ2v) is 5.50. The van der Waals surface area contributed by atoms with Crippen molar-refractivity contribution in [3.8, 4) is 0 Å². The van der Waals surface area contributed by atoms with E-state index in [1.165, 1.54) is 19.3 Å². The van der Waals surface area contributed by atoms with Gasteiger partial charge in [0.1, 0.15) is 12.7 Å². The standard InChI is InChI=1S/C18H28O4/c1-2-3-4-5-9-12-18(20)22-15-17(19)14-21-13-16-10-7-6-8-11-16/h6-8,10-11,17,19H,2-5,9,12-15H2,1H3. The van der Waals surface area contributed by atoms with Gasteiger partial charge in [0.25, 0.3) is 0 Å². The third-order valence-corrected chi connectivity index (χ3v) is 3.34. The van der Waals surface area contributed by atoms with Crippen LogP contribution in [0.1, 0.15) is 51.0 Å². The number of rotatable bonds is 12. The zero-order valence-electron chi connectivity index (χ0n) is 13.5. The van der Waals surface area contributed by atoms with E-state index in [1.807, 2.05) is 30.3 Å². The molecule has 1 atom stereocenters. The molecule has 124 valence electrons. The molecular weight excluding hydrogens is 280 g/mol. The van der Waals surface area contributed by atoms with Crippen LogP contribution in [-0.2, 0) is 20.9 Å². The summed E-state index contributed by atoms with van der Waals surface area (Å²) >= 11 is 0. The highest BCUT2D eigenvalue weighted by Gasteiger charge is 2.09. The Hall–Kier alpha value is -1.39. The number of carbonyl (C=O) groups excluding carboxylic acids is 1. The predicted molar refractivity (Wildman–Crippen MR) is 86.4 cm³/mol. The van der Waals surface area contributed by atoms with Crippen molar-refractivity contribution in [1.82, 2.24) is 0 Å². The van der Waals surface area contributed by atoms with E-state index in [0.29, 0.717) is 13.0 Å². The SMILES string of the molecule is CCCCCCCC(=O)OCC(O)COCc1ccccc1. The highest BCUT2D eigenvalue weighted by atomic mass is 16.5. The van der Waals surface area contributed by atoms with E-state index in [2.05, 4.69) is 6.92 Å². The smallest absolute Gasteiger partial charge is 0.305 e. The maximum Gasteiger partial charge on any atom is 0.305 e. The minimum Gasteiger partial charge on any atom is -0.463 e. The number of aliphatic hydroxyl groups excluding tert-OH is 1. The van der Waals surface area contributed by atoms with Gasteiger partial charge in [-0.2, -0.15) is 0 Å². The fourth-order valence-corrected chi connectivity index (χ4v) is 2.07. The molecule has 0 amide bonds. The number of aliphatic hydroxyl groups is 1. The first-order chi connectivity index (χ1) is 10.7. The van der Waals surface area contributed by atoms with Crippen molar-refractivity contribution in [2.24, 2.45) is 0 Å². The lowest BCUT2D eigenvalue weighted by molar-refractivity contribution is -0.148. The van der Waals surface area contributed by atoms with E-state index in [1.54, 1.807) is 0 Å². The predicted octanol–water partition coefficient (Wildman–Crippen LogP) is 3.47. The summed E-state index contributed by atoms with van der Waals surface area (Å²) in [5.41, 5.74) is 1.05. The van der Waals surface area contributed by atoms with Crippen LogP contribution in [-0.4, -0.2) is 30.4 Å². The number of hydrogen-bond acceptors (Lipinski definition) is 4. The van der Waals surface area contributed by atoms with E-state index in [-0.39, 0.29) is 19.2 Å². The molecule has 0 spiro atoms. The van der Waals surface area contributed by atoms with Crippen molar-refractivity contribution in [2.45, 2.75) is 58.2 Å². The first-order valence-corrected chi connectivity index (χ1v) is 8.17. The van der Waals surface area contributed by atoms with Crippen molar-refractivity contribution < 1.29 is 19.4 Å². The van der Waals surface area contributed by atoms with Crippen molar-refractivity contribution in [2.75, 3.05) is 13.2 Å². The molecule has 4 heteroatoms. The Bertz CT molecular complexity index is 391. The Morgan fingerprint density at radius 2 is 1.82 bits per heavy atom. The molecule has 1 N–H and O–H groups in total. The fraction of sp³-hybridized carbons (Fsp3) is 0.611. The van der Waals surface area contributed by atoms with Gasteiger partial charge in [0, 0.05) is 6.42 Å². The molecule has 1 aromatic rings. The van der Waals surface area contributed by atoms with Crippen LogP contribution in [0.5, 0.6) is 0 Å². The molecule has 1 unspecified atom stereocenters. The van der Waals surface area contributed by atoms with Gasteiger partial charge in [0.15, 0.2) is 0 Å². The van der Waals surface area contributed by atoms with Gasteiger partial charge >= 0.3 is 5.97 Å². The summed E-state index contributed by atoms with van der Waals surface area (Å²) in [6.07, 6.45) is 5.16. The molecule has 4 nitrogen and oxygen atoms in total. The molecule has 0 aliphatic rings. The molecule has 0 saturated heterocycles. The first kappa shape index (κ1) is 18.7. The molecule has 0 fully saturated rings. The largest absolute Gasteiger partial charge is 0.463 e. The number of hydrogen-bond donors (Lipinski definition) is 1. The molecule has 0 heterocycles. The number of carbonyl (C=O) groups is 1. The lowest BCUT2D eigenvalue weighted by Crippen LogP contribution is -2.23. The van der Waals surface area contributed by atoms with Gasteiger partial charge in [-0.25, -0.2) is 0 Å². The molecule has 1 aromatic carbocycles. The summed E-state index contributed by atoms with van der Waals surface area (Å²) in [4.78, 5) is 11.5. The Morgan fingerprint density at radius 1 is 1.09 bits per heavy atom. The molecule has 0 aliphatic heterocycles. The van der Waals surface area contributed by atoms with Crippen LogP contribution in [0.4, 0.5) is 0 Å².